The summed E-state index contributed by atoms with van der Waals surface area (Å²) in [5.74, 6) is 0.0737. The van der Waals surface area contributed by atoms with Crippen LogP contribution in [0.1, 0.15) is 35.7 Å². The van der Waals surface area contributed by atoms with Crippen molar-refractivity contribution in [1.29, 1.82) is 0 Å². The van der Waals surface area contributed by atoms with E-state index in [4.69, 9.17) is 9.83 Å². The van der Waals surface area contributed by atoms with Crippen molar-refractivity contribution >= 4 is 5.84 Å². The molecule has 0 fully saturated rings. The van der Waals surface area contributed by atoms with Crippen LogP contribution in [0, 0.1) is 5.82 Å². The summed E-state index contributed by atoms with van der Waals surface area (Å²) in [5.41, 5.74) is 0.215. The summed E-state index contributed by atoms with van der Waals surface area (Å²) in [4.78, 5) is 25.5. The molecule has 160 valence electrons. The van der Waals surface area contributed by atoms with Gasteiger partial charge in [0.2, 0.25) is 0 Å². The maximum atomic E-state index is 13.6. The van der Waals surface area contributed by atoms with E-state index in [1.54, 1.807) is 24.3 Å². The topological polar surface area (TPSA) is 68.5 Å². The number of nitrogens with zero attached hydrogens (tertiary/aromatic N) is 3. The number of hydrogen-bond donors (Lipinski definition) is 1. The van der Waals surface area contributed by atoms with Crippen LogP contribution in [0.5, 0.6) is 0 Å². The van der Waals surface area contributed by atoms with E-state index in [2.05, 4.69) is 10.3 Å². The highest BCUT2D eigenvalue weighted by molar-refractivity contribution is 6.01. The number of hydrogen-bond acceptors (Lipinski definition) is 5. The van der Waals surface area contributed by atoms with E-state index in [1.807, 2.05) is 6.92 Å². The summed E-state index contributed by atoms with van der Waals surface area (Å²) in [7, 11) is 1.37. The van der Waals surface area contributed by atoms with Gasteiger partial charge in [0, 0.05) is 23.4 Å². The Labute approximate surface area is 176 Å². The van der Waals surface area contributed by atoms with E-state index in [9.17, 15) is 18.0 Å². The molecule has 0 aliphatic carbocycles. The van der Waals surface area contributed by atoms with Crippen LogP contribution in [0.15, 0.2) is 70.7 Å². The highest BCUT2D eigenvalue weighted by Gasteiger charge is 2.45. The molecule has 3 heterocycles. The zero-order chi connectivity index (χ0) is 22.2. The van der Waals surface area contributed by atoms with Gasteiger partial charge in [-0.15, -0.1) is 0 Å². The summed E-state index contributed by atoms with van der Waals surface area (Å²) >= 11 is 0. The normalized spacial score (nSPS) is 20.5. The van der Waals surface area contributed by atoms with Gasteiger partial charge < -0.3 is 10.2 Å². The van der Waals surface area contributed by atoms with Crippen molar-refractivity contribution in [2.24, 2.45) is 4.99 Å². The van der Waals surface area contributed by atoms with Crippen LogP contribution in [0.4, 0.5) is 13.2 Å². The number of aliphatic imine (C=N–C) groups is 1. The van der Waals surface area contributed by atoms with Gasteiger partial charge >= 0.3 is 0 Å². The zero-order valence-electron chi connectivity index (χ0n) is 16.7. The van der Waals surface area contributed by atoms with E-state index >= 15 is 0 Å². The smallest absolute Gasteiger partial charge is 0.282 e. The monoisotopic (exact) mass is 428 g/mol. The lowest BCUT2D eigenvalue weighted by Crippen LogP contribution is -2.48. The molecule has 4 rings (SSSR count). The third-order valence-corrected chi connectivity index (χ3v) is 5.38. The minimum atomic E-state index is -2.69. The highest BCUT2D eigenvalue weighted by atomic mass is 19.3. The first kappa shape index (κ1) is 20.6. The largest absolute Gasteiger partial charge is 0.414 e. The Morgan fingerprint density at radius 3 is 2.42 bits per heavy atom. The summed E-state index contributed by atoms with van der Waals surface area (Å²) in [6.07, 6.45) is 0.189. The van der Waals surface area contributed by atoms with Crippen molar-refractivity contribution in [3.8, 4) is 0 Å². The minimum Gasteiger partial charge on any atom is -0.414 e. The minimum absolute atomic E-state index is 0.336. The SMILES string of the molecule is COn1cc(C2=N[C@@H](C)[C@@](c3ccc(F)cc3)(c3ccc(C(F)F)nc3)N2)ccc1=O. The van der Waals surface area contributed by atoms with Gasteiger partial charge in [-0.05, 0) is 36.8 Å². The lowest BCUT2D eigenvalue weighted by atomic mass is 9.79. The number of alkyl halides is 2. The van der Waals surface area contributed by atoms with Gasteiger partial charge in [-0.1, -0.05) is 18.2 Å². The summed E-state index contributed by atoms with van der Waals surface area (Å²) < 4.78 is 40.7. The number of amidine groups is 1. The Hall–Kier alpha value is -3.62. The van der Waals surface area contributed by atoms with Gasteiger partial charge in [-0.25, -0.2) is 13.2 Å². The fourth-order valence-electron chi connectivity index (χ4n) is 3.78. The van der Waals surface area contributed by atoms with Crippen LogP contribution in [-0.2, 0) is 5.54 Å². The molecule has 0 bridgehead atoms. The van der Waals surface area contributed by atoms with Gasteiger partial charge in [0.05, 0.1) is 12.2 Å². The second-order valence-corrected chi connectivity index (χ2v) is 7.13. The standard InChI is InChI=1S/C22H19F3N4O2/c1-13-22(15-4-7-17(23)8-5-15,16-6-9-18(20(24)25)26-11-16)28-21(27-13)14-3-10-19(30)29(12-14)31-2/h3-13,20H,1-2H3,(H,27,28)/t13-,22+/m0/s1. The average Bonchev–Trinajstić information content (AvgIpc) is 3.12. The fraction of sp³-hybridized carbons (Fsp3) is 0.227. The molecule has 0 spiro atoms. The van der Waals surface area contributed by atoms with Crippen LogP contribution in [0.25, 0.3) is 0 Å². The van der Waals surface area contributed by atoms with E-state index < -0.39 is 23.8 Å². The Kier molecular flexibility index (Phi) is 5.26. The van der Waals surface area contributed by atoms with E-state index in [-0.39, 0.29) is 11.3 Å². The maximum Gasteiger partial charge on any atom is 0.282 e. The number of pyridine rings is 2. The second kappa shape index (κ2) is 7.90. The van der Waals surface area contributed by atoms with Crippen LogP contribution < -0.4 is 15.7 Å². The molecule has 1 aliphatic heterocycles. The van der Waals surface area contributed by atoms with Crippen molar-refractivity contribution in [2.75, 3.05) is 7.11 Å². The molecule has 0 unspecified atom stereocenters. The number of benzene rings is 1. The van der Waals surface area contributed by atoms with Crippen molar-refractivity contribution in [1.82, 2.24) is 15.0 Å². The first-order chi connectivity index (χ1) is 14.8. The van der Waals surface area contributed by atoms with Crippen molar-refractivity contribution in [2.45, 2.75) is 24.9 Å². The Morgan fingerprint density at radius 1 is 1.10 bits per heavy atom. The van der Waals surface area contributed by atoms with Crippen LogP contribution >= 0.6 is 0 Å². The summed E-state index contributed by atoms with van der Waals surface area (Å²) in [6, 6.07) is 11.3. The predicted molar refractivity (Wildman–Crippen MR) is 109 cm³/mol. The number of nitrogens with one attached hydrogen (secondary N) is 1. The third-order valence-electron chi connectivity index (χ3n) is 5.38. The van der Waals surface area contributed by atoms with E-state index in [0.29, 0.717) is 22.5 Å². The molecule has 0 saturated carbocycles. The molecule has 0 radical (unpaired) electrons. The summed E-state index contributed by atoms with van der Waals surface area (Å²) in [5, 5.41) is 3.37. The van der Waals surface area contributed by atoms with Crippen LogP contribution in [0.2, 0.25) is 0 Å². The maximum absolute atomic E-state index is 13.6. The first-order valence-electron chi connectivity index (χ1n) is 9.49. The van der Waals surface area contributed by atoms with Gasteiger partial charge in [0.1, 0.15) is 30.0 Å². The van der Waals surface area contributed by atoms with Gasteiger partial charge in [-0.2, -0.15) is 4.73 Å². The average molecular weight is 428 g/mol. The fourth-order valence-corrected chi connectivity index (χ4v) is 3.78. The molecule has 9 heteroatoms. The molecule has 0 saturated heterocycles. The lowest BCUT2D eigenvalue weighted by Gasteiger charge is -2.35. The molecule has 1 N–H and O–H groups in total. The Balaban J connectivity index is 1.82. The zero-order valence-corrected chi connectivity index (χ0v) is 16.7. The Morgan fingerprint density at radius 2 is 1.81 bits per heavy atom. The number of aromatic nitrogens is 2. The van der Waals surface area contributed by atoms with Gasteiger partial charge in [-0.3, -0.25) is 14.8 Å². The number of rotatable bonds is 5. The molecule has 1 aromatic carbocycles. The quantitative estimate of drug-likeness (QED) is 0.678. The van der Waals surface area contributed by atoms with Crippen LogP contribution in [0.3, 0.4) is 0 Å². The molecular formula is C22H19F3N4O2. The third kappa shape index (κ3) is 3.56. The molecule has 3 aromatic rings. The molecule has 2 aromatic heterocycles. The van der Waals surface area contributed by atoms with Crippen molar-refractivity contribution < 1.29 is 18.0 Å². The van der Waals surface area contributed by atoms with E-state index in [1.165, 1.54) is 43.8 Å². The highest BCUT2D eigenvalue weighted by Crippen LogP contribution is 2.39. The number of halogens is 3. The predicted octanol–water partition coefficient (Wildman–Crippen LogP) is 3.06. The molecule has 1 aliphatic rings. The Bertz CT molecular complexity index is 1180. The van der Waals surface area contributed by atoms with Gasteiger partial charge in [0.25, 0.3) is 12.0 Å². The van der Waals surface area contributed by atoms with E-state index in [0.717, 1.165) is 4.73 Å². The van der Waals surface area contributed by atoms with Crippen molar-refractivity contribution in [3.05, 3.63) is 99.5 Å². The van der Waals surface area contributed by atoms with Crippen molar-refractivity contribution in [3.63, 3.8) is 0 Å². The summed E-state index contributed by atoms with van der Waals surface area (Å²) in [6.45, 7) is 1.86. The molecule has 31 heavy (non-hydrogen) atoms. The molecular weight excluding hydrogens is 409 g/mol. The van der Waals surface area contributed by atoms with Crippen LogP contribution in [-0.4, -0.2) is 28.7 Å². The molecule has 6 nitrogen and oxygen atoms in total. The molecule has 2 atom stereocenters. The molecule has 0 amide bonds. The second-order valence-electron chi connectivity index (χ2n) is 7.13. The first-order valence-corrected chi connectivity index (χ1v) is 9.49. The lowest BCUT2D eigenvalue weighted by molar-refractivity contribution is 0.146. The van der Waals surface area contributed by atoms with Gasteiger partial charge in [0.15, 0.2) is 0 Å².